The van der Waals surface area contributed by atoms with Crippen LogP contribution in [0.1, 0.15) is 52.4 Å². The molecule has 0 aliphatic heterocycles. The maximum Gasteiger partial charge on any atom is 0.221 e. The van der Waals surface area contributed by atoms with E-state index in [1.54, 1.807) is 0 Å². The summed E-state index contributed by atoms with van der Waals surface area (Å²) in [6.07, 6.45) is 7.89. The number of amides is 1. The topological polar surface area (TPSA) is 41.1 Å². The van der Waals surface area contributed by atoms with Crippen molar-refractivity contribution in [2.75, 3.05) is 6.54 Å². The van der Waals surface area contributed by atoms with Gasteiger partial charge in [-0.25, -0.2) is 0 Å². The zero-order valence-corrected chi connectivity index (χ0v) is 12.3. The summed E-state index contributed by atoms with van der Waals surface area (Å²) in [5, 5.41) is 6.63. The standard InChI is InChI=1S/C16H28N2O/c1-10(2)18-16(19)6-7-17-15-9-11-8-14(15)13-5-3-4-12(11)13/h10-15,17H,3-9H2,1-2H3,(H,18,19). The second kappa shape index (κ2) is 5.43. The van der Waals surface area contributed by atoms with Crippen LogP contribution in [0.15, 0.2) is 0 Å². The summed E-state index contributed by atoms with van der Waals surface area (Å²) in [4.78, 5) is 11.6. The number of fused-ring (bicyclic) bond motifs is 5. The lowest BCUT2D eigenvalue weighted by Crippen LogP contribution is -2.41. The zero-order chi connectivity index (χ0) is 13.4. The summed E-state index contributed by atoms with van der Waals surface area (Å²) in [6, 6.07) is 0.963. The number of hydrogen-bond acceptors (Lipinski definition) is 2. The number of nitrogens with one attached hydrogen (secondary N) is 2. The molecule has 0 spiro atoms. The summed E-state index contributed by atoms with van der Waals surface area (Å²) >= 11 is 0. The highest BCUT2D eigenvalue weighted by molar-refractivity contribution is 5.76. The Morgan fingerprint density at radius 2 is 1.95 bits per heavy atom. The van der Waals surface area contributed by atoms with E-state index < -0.39 is 0 Å². The molecule has 3 aliphatic carbocycles. The Morgan fingerprint density at radius 3 is 2.74 bits per heavy atom. The molecule has 3 saturated carbocycles. The number of hydrogen-bond donors (Lipinski definition) is 2. The van der Waals surface area contributed by atoms with Gasteiger partial charge in [-0.1, -0.05) is 6.42 Å². The monoisotopic (exact) mass is 264 g/mol. The molecule has 0 radical (unpaired) electrons. The van der Waals surface area contributed by atoms with Gasteiger partial charge in [-0.15, -0.1) is 0 Å². The fourth-order valence-corrected chi connectivity index (χ4v) is 5.07. The van der Waals surface area contributed by atoms with Gasteiger partial charge < -0.3 is 10.6 Å². The molecule has 5 atom stereocenters. The predicted octanol–water partition coefficient (Wildman–Crippen LogP) is 2.32. The first-order valence-electron chi connectivity index (χ1n) is 8.18. The minimum absolute atomic E-state index is 0.185. The van der Waals surface area contributed by atoms with Crippen LogP contribution in [-0.4, -0.2) is 24.5 Å². The third kappa shape index (κ3) is 2.67. The average Bonchev–Trinajstić information content (AvgIpc) is 2.99. The van der Waals surface area contributed by atoms with Gasteiger partial charge in [-0.3, -0.25) is 4.79 Å². The molecule has 0 aromatic rings. The van der Waals surface area contributed by atoms with E-state index >= 15 is 0 Å². The van der Waals surface area contributed by atoms with E-state index in [-0.39, 0.29) is 11.9 Å². The Bertz CT molecular complexity index is 342. The Kier molecular flexibility index (Phi) is 3.84. The van der Waals surface area contributed by atoms with Crippen molar-refractivity contribution < 1.29 is 4.79 Å². The van der Waals surface area contributed by atoms with Crippen LogP contribution in [0.2, 0.25) is 0 Å². The lowest BCUT2D eigenvalue weighted by atomic mass is 9.79. The second-order valence-corrected chi connectivity index (χ2v) is 7.19. The second-order valence-electron chi connectivity index (χ2n) is 7.19. The molecule has 5 unspecified atom stereocenters. The average molecular weight is 264 g/mol. The fraction of sp³-hybridized carbons (Fsp3) is 0.938. The Labute approximate surface area is 116 Å². The first-order chi connectivity index (χ1) is 9.15. The van der Waals surface area contributed by atoms with Crippen molar-refractivity contribution in [2.24, 2.45) is 23.7 Å². The van der Waals surface area contributed by atoms with Crippen molar-refractivity contribution in [3.8, 4) is 0 Å². The van der Waals surface area contributed by atoms with Crippen molar-refractivity contribution in [1.82, 2.24) is 10.6 Å². The summed E-state index contributed by atoms with van der Waals surface area (Å²) in [5.74, 6) is 4.18. The van der Waals surface area contributed by atoms with E-state index in [0.29, 0.717) is 12.5 Å². The van der Waals surface area contributed by atoms with Crippen molar-refractivity contribution in [2.45, 2.75) is 64.5 Å². The smallest absolute Gasteiger partial charge is 0.221 e. The van der Waals surface area contributed by atoms with Gasteiger partial charge in [0.15, 0.2) is 0 Å². The molecule has 2 bridgehead atoms. The van der Waals surface area contributed by atoms with Crippen LogP contribution in [0.25, 0.3) is 0 Å². The maximum absolute atomic E-state index is 11.6. The van der Waals surface area contributed by atoms with Crippen LogP contribution in [0.3, 0.4) is 0 Å². The van der Waals surface area contributed by atoms with E-state index in [1.165, 1.54) is 32.1 Å². The van der Waals surface area contributed by atoms with Gasteiger partial charge >= 0.3 is 0 Å². The van der Waals surface area contributed by atoms with Crippen molar-refractivity contribution >= 4 is 5.91 Å². The molecule has 3 fully saturated rings. The molecule has 19 heavy (non-hydrogen) atoms. The Balaban J connectivity index is 1.42. The highest BCUT2D eigenvalue weighted by Gasteiger charge is 2.53. The molecule has 0 heterocycles. The third-order valence-electron chi connectivity index (χ3n) is 5.64. The SMILES string of the molecule is CC(C)NC(=O)CCNC1CC2CC1C1CCCC21. The largest absolute Gasteiger partial charge is 0.354 e. The van der Waals surface area contributed by atoms with Crippen LogP contribution in [-0.2, 0) is 4.79 Å². The van der Waals surface area contributed by atoms with E-state index in [1.807, 2.05) is 13.8 Å². The van der Waals surface area contributed by atoms with Crippen LogP contribution in [0.4, 0.5) is 0 Å². The van der Waals surface area contributed by atoms with Crippen molar-refractivity contribution in [3.05, 3.63) is 0 Å². The molecule has 3 heteroatoms. The normalized spacial score (nSPS) is 39.8. The Morgan fingerprint density at radius 1 is 1.16 bits per heavy atom. The molecule has 0 aromatic heterocycles. The molecule has 3 rings (SSSR count). The van der Waals surface area contributed by atoms with Gasteiger partial charge in [0.1, 0.15) is 0 Å². The van der Waals surface area contributed by atoms with Crippen LogP contribution in [0, 0.1) is 23.7 Å². The molecular formula is C16H28N2O. The van der Waals surface area contributed by atoms with Gasteiger partial charge in [-0.05, 0) is 63.2 Å². The third-order valence-corrected chi connectivity index (χ3v) is 5.64. The molecule has 0 saturated heterocycles. The molecular weight excluding hydrogens is 236 g/mol. The van der Waals surface area contributed by atoms with E-state index in [2.05, 4.69) is 10.6 Å². The fourth-order valence-electron chi connectivity index (χ4n) is 5.07. The highest BCUT2D eigenvalue weighted by Crippen LogP contribution is 2.58. The predicted molar refractivity (Wildman–Crippen MR) is 76.7 cm³/mol. The minimum atomic E-state index is 0.185. The first-order valence-corrected chi connectivity index (χ1v) is 8.18. The van der Waals surface area contributed by atoms with E-state index in [9.17, 15) is 4.79 Å². The lowest BCUT2D eigenvalue weighted by Gasteiger charge is -2.32. The van der Waals surface area contributed by atoms with Gasteiger partial charge in [0, 0.05) is 25.0 Å². The van der Waals surface area contributed by atoms with Crippen molar-refractivity contribution in [3.63, 3.8) is 0 Å². The van der Waals surface area contributed by atoms with Crippen LogP contribution < -0.4 is 10.6 Å². The highest BCUT2D eigenvalue weighted by atomic mass is 16.1. The molecule has 2 N–H and O–H groups in total. The quantitative estimate of drug-likeness (QED) is 0.800. The number of carbonyl (C=O) groups is 1. The Hall–Kier alpha value is -0.570. The van der Waals surface area contributed by atoms with E-state index in [0.717, 1.165) is 30.2 Å². The number of rotatable bonds is 5. The summed E-state index contributed by atoms with van der Waals surface area (Å²) < 4.78 is 0. The van der Waals surface area contributed by atoms with Crippen molar-refractivity contribution in [1.29, 1.82) is 0 Å². The van der Waals surface area contributed by atoms with Gasteiger partial charge in [0.25, 0.3) is 0 Å². The van der Waals surface area contributed by atoms with Crippen LogP contribution >= 0.6 is 0 Å². The molecule has 3 nitrogen and oxygen atoms in total. The van der Waals surface area contributed by atoms with Gasteiger partial charge in [0.2, 0.25) is 5.91 Å². The van der Waals surface area contributed by atoms with Gasteiger partial charge in [0.05, 0.1) is 0 Å². The van der Waals surface area contributed by atoms with Gasteiger partial charge in [-0.2, -0.15) is 0 Å². The summed E-state index contributed by atoms with van der Waals surface area (Å²) in [6.45, 7) is 4.88. The molecule has 1 amide bonds. The van der Waals surface area contributed by atoms with E-state index in [4.69, 9.17) is 0 Å². The first kappa shape index (κ1) is 13.4. The zero-order valence-electron chi connectivity index (χ0n) is 12.3. The molecule has 3 aliphatic rings. The lowest BCUT2D eigenvalue weighted by molar-refractivity contribution is -0.121. The summed E-state index contributed by atoms with van der Waals surface area (Å²) in [7, 11) is 0. The molecule has 108 valence electrons. The number of carbonyl (C=O) groups excluding carboxylic acids is 1. The minimum Gasteiger partial charge on any atom is -0.354 e. The molecule has 0 aromatic carbocycles. The maximum atomic E-state index is 11.6. The summed E-state index contributed by atoms with van der Waals surface area (Å²) in [5.41, 5.74) is 0. The van der Waals surface area contributed by atoms with Crippen LogP contribution in [0.5, 0.6) is 0 Å².